The topological polar surface area (TPSA) is 325 Å². The van der Waals surface area contributed by atoms with Crippen LogP contribution in [0.4, 0.5) is 0 Å². The summed E-state index contributed by atoms with van der Waals surface area (Å²) in [6.07, 6.45) is 7.85. The number of carbonyl (C=O) groups excluding carboxylic acids is 9. The summed E-state index contributed by atoms with van der Waals surface area (Å²) in [7, 11) is 2.50. The molecule has 0 radical (unpaired) electrons. The number of likely N-dealkylation sites (tertiary alicyclic amines) is 2. The Kier molecular flexibility index (Phi) is 20.7. The van der Waals surface area contributed by atoms with Crippen LogP contribution in [-0.4, -0.2) is 159 Å². The van der Waals surface area contributed by atoms with Crippen LogP contribution in [-0.2, 0) is 56.0 Å². The minimum Gasteiger partial charge on any atom is -0.370 e. The van der Waals surface area contributed by atoms with Gasteiger partial charge in [0.05, 0.1) is 6.04 Å². The second-order valence-corrected chi connectivity index (χ2v) is 22.2. The molecule has 0 aliphatic carbocycles. The molecule has 8 atom stereocenters. The fraction of sp³-hybridized carbons (Fsp3) is 0.491. The third-order valence-corrected chi connectivity index (χ3v) is 16.4. The quantitative estimate of drug-likeness (QED) is 0.0473. The Balaban J connectivity index is 1.26. The van der Waals surface area contributed by atoms with Crippen LogP contribution < -0.4 is 43.4 Å². The molecule has 24 heteroatoms. The molecular formula is C53H69N13O9S2. The summed E-state index contributed by atoms with van der Waals surface area (Å²) in [5, 5.41) is 17.7. The molecule has 2 aromatic carbocycles. The van der Waals surface area contributed by atoms with Crippen LogP contribution in [0.2, 0.25) is 0 Å². The summed E-state index contributed by atoms with van der Waals surface area (Å²) < 4.78 is 0. The molecule has 3 fully saturated rings. The number of ketones is 1. The van der Waals surface area contributed by atoms with Crippen LogP contribution in [0.1, 0.15) is 82.8 Å². The van der Waals surface area contributed by atoms with Gasteiger partial charge in [-0.05, 0) is 69.1 Å². The number of para-hydroxylation sites is 1. The Bertz CT molecular complexity index is 2750. The SMILES string of the molecule is CC(=O)N[C@H]1CCSSC[C@@H](C(=O)N2CCC[C@H]2C(=O)N2CCC[C@H]2C(C)=O)NC(=O)[C@H](Cc2c[nH]c3ccccc23)NC(=O)[C@H](CCCN=C(N)N)NC(=O)[C@@H](Cc2ccccc2)NC(=O)[C@H](CC2=CCC=N2)NC1=O. The molecule has 8 amide bonds. The van der Waals surface area contributed by atoms with Gasteiger partial charge in [-0.2, -0.15) is 0 Å². The van der Waals surface area contributed by atoms with E-state index in [1.807, 2.05) is 24.3 Å². The van der Waals surface area contributed by atoms with Crippen molar-refractivity contribution in [1.29, 1.82) is 0 Å². The number of aliphatic imine (C=N–C) groups is 2. The molecule has 5 heterocycles. The molecule has 0 unspecified atom stereocenters. The summed E-state index contributed by atoms with van der Waals surface area (Å²) in [4.78, 5) is 142. The molecule has 7 rings (SSSR count). The lowest BCUT2D eigenvalue weighted by Gasteiger charge is -2.33. The van der Waals surface area contributed by atoms with Crippen molar-refractivity contribution in [3.8, 4) is 0 Å². The Hall–Kier alpha value is -7.21. The summed E-state index contributed by atoms with van der Waals surface area (Å²) >= 11 is 0. The lowest BCUT2D eigenvalue weighted by Crippen LogP contribution is -2.61. The average molecular weight is 1100 g/mol. The zero-order chi connectivity index (χ0) is 55.0. The molecule has 3 aromatic rings. The maximum absolute atomic E-state index is 15.0. The van der Waals surface area contributed by atoms with Crippen LogP contribution in [0.3, 0.4) is 0 Å². The zero-order valence-electron chi connectivity index (χ0n) is 43.3. The molecule has 4 aliphatic heterocycles. The fourth-order valence-corrected chi connectivity index (χ4v) is 12.3. The van der Waals surface area contributed by atoms with Crippen molar-refractivity contribution in [2.24, 2.45) is 21.5 Å². The predicted molar refractivity (Wildman–Crippen MR) is 295 cm³/mol. The van der Waals surface area contributed by atoms with Crippen molar-refractivity contribution in [2.45, 2.75) is 133 Å². The van der Waals surface area contributed by atoms with Gasteiger partial charge in [-0.1, -0.05) is 76.2 Å². The lowest BCUT2D eigenvalue weighted by atomic mass is 10.0. The minimum absolute atomic E-state index is 0.0264. The number of Topliss-reactive ketones (excluding diaryl/α,β-unsaturated/α-hetero) is 1. The molecule has 0 spiro atoms. The molecule has 77 heavy (non-hydrogen) atoms. The highest BCUT2D eigenvalue weighted by molar-refractivity contribution is 8.76. The predicted octanol–water partition coefficient (Wildman–Crippen LogP) is 1.04. The first-order valence-electron chi connectivity index (χ1n) is 26.1. The van der Waals surface area contributed by atoms with E-state index in [4.69, 9.17) is 11.5 Å². The number of aromatic nitrogens is 1. The van der Waals surface area contributed by atoms with Gasteiger partial charge in [-0.25, -0.2) is 0 Å². The number of H-pyrrole nitrogens is 1. The number of hydrogen-bond donors (Lipinski definition) is 9. The zero-order valence-corrected chi connectivity index (χ0v) is 44.9. The number of carbonyl (C=O) groups is 9. The summed E-state index contributed by atoms with van der Waals surface area (Å²) in [5.74, 6) is -5.11. The first-order chi connectivity index (χ1) is 37.1. The van der Waals surface area contributed by atoms with E-state index in [9.17, 15) is 38.4 Å². The fourth-order valence-electron chi connectivity index (χ4n) is 10.1. The van der Waals surface area contributed by atoms with Crippen LogP contribution in [0.25, 0.3) is 10.9 Å². The molecular weight excluding hydrogens is 1030 g/mol. The summed E-state index contributed by atoms with van der Waals surface area (Å²) in [5.41, 5.74) is 13.9. The van der Waals surface area contributed by atoms with E-state index >= 15 is 4.79 Å². The number of nitrogens with zero attached hydrogens (tertiary/aromatic N) is 4. The number of hydrogen-bond acceptors (Lipinski definition) is 13. The van der Waals surface area contributed by atoms with E-state index in [1.165, 1.54) is 40.3 Å². The number of rotatable bonds is 14. The number of fused-ring (bicyclic) bond motifs is 1. The van der Waals surface area contributed by atoms with Crippen LogP contribution >= 0.6 is 21.6 Å². The number of benzene rings is 2. The van der Waals surface area contributed by atoms with E-state index in [-0.39, 0.29) is 80.8 Å². The number of amides is 8. The van der Waals surface area contributed by atoms with Crippen LogP contribution in [0.15, 0.2) is 82.6 Å². The third kappa shape index (κ3) is 15.9. The Morgan fingerprint density at radius 2 is 1.34 bits per heavy atom. The van der Waals surface area contributed by atoms with Gasteiger partial charge in [0.1, 0.15) is 42.3 Å². The molecule has 4 aliphatic rings. The summed E-state index contributed by atoms with van der Waals surface area (Å²) in [6, 6.07) is 7.22. The summed E-state index contributed by atoms with van der Waals surface area (Å²) in [6.45, 7) is 3.39. The molecule has 3 saturated heterocycles. The van der Waals surface area contributed by atoms with Crippen LogP contribution in [0, 0.1) is 0 Å². The van der Waals surface area contributed by atoms with Gasteiger partial charge in [-0.3, -0.25) is 53.1 Å². The number of guanidine groups is 1. The third-order valence-electron chi connectivity index (χ3n) is 13.9. The van der Waals surface area contributed by atoms with Gasteiger partial charge in [-0.15, -0.1) is 0 Å². The van der Waals surface area contributed by atoms with E-state index in [0.29, 0.717) is 55.5 Å². The first-order valence-corrected chi connectivity index (χ1v) is 28.6. The maximum Gasteiger partial charge on any atom is 0.246 e. The first kappa shape index (κ1) is 57.5. The molecule has 412 valence electrons. The van der Waals surface area contributed by atoms with Gasteiger partial charge in [0.25, 0.3) is 0 Å². The minimum atomic E-state index is -1.35. The highest BCUT2D eigenvalue weighted by Crippen LogP contribution is 2.29. The van der Waals surface area contributed by atoms with Crippen molar-refractivity contribution in [3.05, 3.63) is 83.7 Å². The number of nitrogens with two attached hydrogens (primary N) is 2. The second kappa shape index (κ2) is 27.7. The Morgan fingerprint density at radius 3 is 2.03 bits per heavy atom. The smallest absolute Gasteiger partial charge is 0.246 e. The van der Waals surface area contributed by atoms with Crippen molar-refractivity contribution in [2.75, 3.05) is 31.1 Å². The van der Waals surface area contributed by atoms with Gasteiger partial charge in [0.15, 0.2) is 11.7 Å². The van der Waals surface area contributed by atoms with E-state index in [2.05, 4.69) is 46.9 Å². The number of allylic oxidation sites excluding steroid dienone is 1. The van der Waals surface area contributed by atoms with Gasteiger partial charge in [0, 0.05) is 92.8 Å². The normalized spacial score (nSPS) is 25.1. The van der Waals surface area contributed by atoms with Gasteiger partial charge >= 0.3 is 0 Å². The van der Waals surface area contributed by atoms with Gasteiger partial charge in [0.2, 0.25) is 47.3 Å². The Morgan fingerprint density at radius 1 is 0.714 bits per heavy atom. The largest absolute Gasteiger partial charge is 0.370 e. The van der Waals surface area contributed by atoms with E-state index in [1.54, 1.807) is 53.7 Å². The monoisotopic (exact) mass is 1100 g/mol. The highest BCUT2D eigenvalue weighted by Gasteiger charge is 2.44. The number of nitrogens with one attached hydrogen (secondary N) is 7. The van der Waals surface area contributed by atoms with Crippen molar-refractivity contribution in [1.82, 2.24) is 46.7 Å². The molecule has 0 saturated carbocycles. The lowest BCUT2D eigenvalue weighted by molar-refractivity contribution is -0.147. The standard InChI is InChI=1S/C53H69N13O9S2/c1-31(67)44-18-10-23-65(44)52(75)45-19-11-24-66(45)51(74)43-30-77-76-25-20-39(59-32(2)68)47(70)63-42(28-35-14-8-21-56-35)50(73)61-40(26-33-12-4-3-5-13-33)48(71)60-38(17-9-22-57-53(54)55)46(69)62-41(49(72)64-43)27-34-29-58-37-16-7-6-15-36(34)37/h3-7,12-16,21,29,38-45,58H,8-11,17-20,22-28,30H2,1-2H3,(H,59,68)(H,60,71)(H,61,73)(H,62,69)(H,63,70)(H,64,72)(H4,54,55,57)/t38-,39-,40+,41-,42-,43-,44-,45-/m0/s1. The van der Waals surface area contributed by atoms with E-state index < -0.39 is 89.7 Å². The van der Waals surface area contributed by atoms with Crippen molar-refractivity contribution in [3.63, 3.8) is 0 Å². The molecule has 11 N–H and O–H groups in total. The van der Waals surface area contributed by atoms with Crippen molar-refractivity contribution < 1.29 is 43.2 Å². The van der Waals surface area contributed by atoms with Crippen molar-refractivity contribution >= 4 is 97.7 Å². The number of aromatic amines is 1. The maximum atomic E-state index is 15.0. The molecule has 0 bridgehead atoms. The molecule has 1 aromatic heterocycles. The van der Waals surface area contributed by atoms with Crippen LogP contribution in [0.5, 0.6) is 0 Å². The average Bonchev–Trinajstić information content (AvgIpc) is 4.26. The van der Waals surface area contributed by atoms with E-state index in [0.717, 1.165) is 10.9 Å². The second-order valence-electron chi connectivity index (χ2n) is 19.6. The Labute approximate surface area is 454 Å². The van der Waals surface area contributed by atoms with Gasteiger partial charge < -0.3 is 58.2 Å². The highest BCUT2D eigenvalue weighted by atomic mass is 33.1. The molecule has 22 nitrogen and oxygen atoms in total.